The Bertz CT molecular complexity index is 1270. The van der Waals surface area contributed by atoms with E-state index in [1.165, 1.54) is 0 Å². The summed E-state index contributed by atoms with van der Waals surface area (Å²) in [6.45, 7) is 2.88. The molecule has 1 saturated heterocycles. The molecule has 37 heavy (non-hydrogen) atoms. The van der Waals surface area contributed by atoms with Crippen molar-refractivity contribution in [3.63, 3.8) is 0 Å². The van der Waals surface area contributed by atoms with Gasteiger partial charge in [0.2, 0.25) is 11.8 Å². The number of hydrazine groups is 1. The molecule has 3 aromatic carbocycles. The zero-order valence-corrected chi connectivity index (χ0v) is 21.9. The summed E-state index contributed by atoms with van der Waals surface area (Å²) < 4.78 is 16.8. The summed E-state index contributed by atoms with van der Waals surface area (Å²) in [4.78, 5) is 26.9. The molecule has 0 unspecified atom stereocenters. The van der Waals surface area contributed by atoms with Crippen molar-refractivity contribution < 1.29 is 23.8 Å². The van der Waals surface area contributed by atoms with Crippen molar-refractivity contribution in [1.29, 1.82) is 0 Å². The average molecular weight is 544 g/mol. The quantitative estimate of drug-likeness (QED) is 0.329. The number of carbonyl (C=O) groups is 2. The zero-order valence-electron chi connectivity index (χ0n) is 20.4. The molecule has 0 aromatic heterocycles. The van der Waals surface area contributed by atoms with Crippen molar-refractivity contribution in [2.45, 2.75) is 20.0 Å². The van der Waals surface area contributed by atoms with Crippen LogP contribution in [0.1, 0.15) is 18.9 Å². The number of hydrogen-bond acceptors (Lipinski definition) is 6. The molecule has 1 atom stereocenters. The van der Waals surface area contributed by atoms with Crippen LogP contribution in [0.2, 0.25) is 10.0 Å². The molecule has 10 heteroatoms. The highest BCUT2D eigenvalue weighted by atomic mass is 35.5. The van der Waals surface area contributed by atoms with Gasteiger partial charge in [0.25, 0.3) is 0 Å². The molecular weight excluding hydrogens is 517 g/mol. The van der Waals surface area contributed by atoms with Gasteiger partial charge in [-0.25, -0.2) is 0 Å². The highest BCUT2D eigenvalue weighted by Gasteiger charge is 2.35. The molecule has 1 heterocycles. The number of anilines is 2. The molecule has 0 bridgehead atoms. The van der Waals surface area contributed by atoms with Gasteiger partial charge in [-0.2, -0.15) is 0 Å². The first-order chi connectivity index (χ1) is 17.9. The van der Waals surface area contributed by atoms with Gasteiger partial charge in [0.15, 0.2) is 11.5 Å². The van der Waals surface area contributed by atoms with Crippen LogP contribution in [0.3, 0.4) is 0 Å². The normalized spacial score (nSPS) is 14.9. The number of amides is 2. The van der Waals surface area contributed by atoms with E-state index in [-0.39, 0.29) is 24.8 Å². The second kappa shape index (κ2) is 12.1. The lowest BCUT2D eigenvalue weighted by Gasteiger charge is -2.18. The molecule has 3 aromatic rings. The Hall–Kier alpha value is -3.62. The van der Waals surface area contributed by atoms with E-state index in [0.717, 1.165) is 11.3 Å². The summed E-state index contributed by atoms with van der Waals surface area (Å²) in [5, 5.41) is 0.937. The van der Waals surface area contributed by atoms with E-state index < -0.39 is 5.92 Å². The average Bonchev–Trinajstić information content (AvgIpc) is 3.30. The summed E-state index contributed by atoms with van der Waals surface area (Å²) >= 11 is 12.1. The first-order valence-corrected chi connectivity index (χ1v) is 12.5. The van der Waals surface area contributed by atoms with Crippen LogP contribution in [-0.2, 0) is 16.2 Å². The van der Waals surface area contributed by atoms with Crippen LogP contribution in [0.4, 0.5) is 11.4 Å². The van der Waals surface area contributed by atoms with E-state index >= 15 is 0 Å². The van der Waals surface area contributed by atoms with Gasteiger partial charge < -0.3 is 19.1 Å². The van der Waals surface area contributed by atoms with Crippen molar-refractivity contribution in [1.82, 2.24) is 5.43 Å². The predicted molar refractivity (Wildman–Crippen MR) is 144 cm³/mol. The van der Waals surface area contributed by atoms with E-state index in [0.29, 0.717) is 46.1 Å². The summed E-state index contributed by atoms with van der Waals surface area (Å²) in [7, 11) is 1.58. The Morgan fingerprint density at radius 2 is 1.78 bits per heavy atom. The molecular formula is C27H27Cl2N3O5. The van der Waals surface area contributed by atoms with Crippen molar-refractivity contribution in [2.75, 3.05) is 30.6 Å². The zero-order chi connectivity index (χ0) is 26.4. The molecule has 2 N–H and O–H groups in total. The third kappa shape index (κ3) is 6.58. The molecule has 1 aliphatic rings. The second-order valence-corrected chi connectivity index (χ2v) is 9.16. The lowest BCUT2D eigenvalue weighted by molar-refractivity contribution is -0.125. The Morgan fingerprint density at radius 1 is 1.00 bits per heavy atom. The Morgan fingerprint density at radius 3 is 2.49 bits per heavy atom. The van der Waals surface area contributed by atoms with Crippen molar-refractivity contribution in [3.8, 4) is 17.2 Å². The molecule has 0 aliphatic carbocycles. The van der Waals surface area contributed by atoms with Crippen molar-refractivity contribution >= 4 is 46.4 Å². The standard InChI is InChI=1S/C27H27Cl2N3O5/c1-3-36-25-14-19(5-11-24(25)37-16-17-4-10-22(28)23(29)12-17)30-31-27(34)18-13-26(33)32(15-18)20-6-8-21(35-2)9-7-20/h4-12,14,18,30H,3,13,15-16H2,1-2H3,(H,31,34)/t18-/m1/s1. The van der Waals surface area contributed by atoms with Crippen LogP contribution >= 0.6 is 23.2 Å². The van der Waals surface area contributed by atoms with Gasteiger partial charge in [-0.1, -0.05) is 29.3 Å². The van der Waals surface area contributed by atoms with Gasteiger partial charge in [-0.15, -0.1) is 0 Å². The fraction of sp³-hybridized carbons (Fsp3) is 0.259. The number of hydrogen-bond donors (Lipinski definition) is 2. The molecule has 194 valence electrons. The third-order valence-corrected chi connectivity index (χ3v) is 6.57. The fourth-order valence-corrected chi connectivity index (χ4v) is 4.22. The number of carbonyl (C=O) groups excluding carboxylic acids is 2. The first kappa shape index (κ1) is 26.4. The lowest BCUT2D eigenvalue weighted by atomic mass is 10.1. The summed E-state index contributed by atoms with van der Waals surface area (Å²) in [5.74, 6) is 0.896. The van der Waals surface area contributed by atoms with E-state index in [1.807, 2.05) is 13.0 Å². The monoisotopic (exact) mass is 543 g/mol. The smallest absolute Gasteiger partial charge is 0.243 e. The second-order valence-electron chi connectivity index (χ2n) is 8.35. The van der Waals surface area contributed by atoms with Gasteiger partial charge in [0.1, 0.15) is 12.4 Å². The van der Waals surface area contributed by atoms with E-state index in [1.54, 1.807) is 66.6 Å². The molecule has 0 radical (unpaired) electrons. The summed E-state index contributed by atoms with van der Waals surface area (Å²) in [6, 6.07) is 17.7. The largest absolute Gasteiger partial charge is 0.497 e. The van der Waals surface area contributed by atoms with Crippen LogP contribution in [-0.4, -0.2) is 32.1 Å². The van der Waals surface area contributed by atoms with Crippen molar-refractivity contribution in [3.05, 3.63) is 76.3 Å². The Balaban J connectivity index is 1.35. The fourth-order valence-electron chi connectivity index (χ4n) is 3.89. The van der Waals surface area contributed by atoms with Gasteiger partial charge >= 0.3 is 0 Å². The lowest BCUT2D eigenvalue weighted by Crippen LogP contribution is -2.36. The highest BCUT2D eigenvalue weighted by molar-refractivity contribution is 6.42. The highest BCUT2D eigenvalue weighted by Crippen LogP contribution is 2.32. The predicted octanol–water partition coefficient (Wildman–Crippen LogP) is 5.48. The SMILES string of the molecule is CCOc1cc(NNC(=O)[C@@H]2CC(=O)N(c3ccc(OC)cc3)C2)ccc1OCc1ccc(Cl)c(Cl)c1. The number of nitrogens with zero attached hydrogens (tertiary/aromatic N) is 1. The van der Waals surface area contributed by atoms with E-state index in [4.69, 9.17) is 37.4 Å². The third-order valence-electron chi connectivity index (χ3n) is 5.83. The van der Waals surface area contributed by atoms with E-state index in [2.05, 4.69) is 10.9 Å². The van der Waals surface area contributed by atoms with Gasteiger partial charge in [0.05, 0.1) is 35.4 Å². The van der Waals surface area contributed by atoms with Crippen molar-refractivity contribution in [2.24, 2.45) is 5.92 Å². The molecule has 0 saturated carbocycles. The van der Waals surface area contributed by atoms with Gasteiger partial charge in [-0.05, 0) is 61.0 Å². The number of nitrogens with one attached hydrogen (secondary N) is 2. The Kier molecular flexibility index (Phi) is 8.63. The van der Waals surface area contributed by atoms with Crippen LogP contribution in [0.25, 0.3) is 0 Å². The maximum Gasteiger partial charge on any atom is 0.243 e. The maximum absolute atomic E-state index is 12.8. The molecule has 1 aliphatic heterocycles. The van der Waals surface area contributed by atoms with Crippen LogP contribution in [0.5, 0.6) is 17.2 Å². The van der Waals surface area contributed by atoms with Crippen LogP contribution in [0, 0.1) is 5.92 Å². The van der Waals surface area contributed by atoms with Gasteiger partial charge in [-0.3, -0.25) is 20.4 Å². The summed E-state index contributed by atoms with van der Waals surface area (Å²) in [6.07, 6.45) is 0.130. The molecule has 0 spiro atoms. The number of methoxy groups -OCH3 is 1. The minimum atomic E-state index is -0.484. The topological polar surface area (TPSA) is 89.1 Å². The minimum absolute atomic E-state index is 0.104. The molecule has 1 fully saturated rings. The number of benzene rings is 3. The van der Waals surface area contributed by atoms with E-state index in [9.17, 15) is 9.59 Å². The van der Waals surface area contributed by atoms with Crippen LogP contribution in [0.15, 0.2) is 60.7 Å². The molecule has 2 amide bonds. The minimum Gasteiger partial charge on any atom is -0.497 e. The molecule has 8 nitrogen and oxygen atoms in total. The van der Waals surface area contributed by atoms with Crippen LogP contribution < -0.4 is 30.0 Å². The number of halogens is 2. The van der Waals surface area contributed by atoms with Gasteiger partial charge in [0, 0.05) is 24.7 Å². The number of ether oxygens (including phenoxy) is 3. The molecule has 4 rings (SSSR count). The first-order valence-electron chi connectivity index (χ1n) is 11.7. The maximum atomic E-state index is 12.8. The Labute approximate surface area is 225 Å². The summed E-state index contributed by atoms with van der Waals surface area (Å²) in [5.41, 5.74) is 7.80. The number of rotatable bonds is 10.